The largest absolute Gasteiger partial charge is 0.309 e. The third kappa shape index (κ3) is 3.21. The third-order valence-corrected chi connectivity index (χ3v) is 8.80. The molecular weight excluding hydrogens is 520 g/mol. The molecule has 9 rings (SSSR count). The second-order valence-electron chi connectivity index (χ2n) is 10.3. The molecule has 0 radical (unpaired) electrons. The van der Waals surface area contributed by atoms with E-state index in [4.69, 9.17) is 9.97 Å². The fraction of sp³-hybridized carbons (Fsp3) is 0. The summed E-state index contributed by atoms with van der Waals surface area (Å²) in [7, 11) is 0. The van der Waals surface area contributed by atoms with Crippen molar-refractivity contribution in [3.63, 3.8) is 0 Å². The van der Waals surface area contributed by atoms with Crippen molar-refractivity contribution in [1.82, 2.24) is 19.1 Å². The Labute approximate surface area is 239 Å². The van der Waals surface area contributed by atoms with Gasteiger partial charge in [-0.2, -0.15) is 0 Å². The van der Waals surface area contributed by atoms with Gasteiger partial charge in [0.2, 0.25) is 5.95 Å². The first-order valence-electron chi connectivity index (χ1n) is 13.7. The summed E-state index contributed by atoms with van der Waals surface area (Å²) in [5.41, 5.74) is 8.66. The monoisotopic (exact) mass is 542 g/mol. The second kappa shape index (κ2) is 8.62. The van der Waals surface area contributed by atoms with Crippen molar-refractivity contribution < 1.29 is 0 Å². The van der Waals surface area contributed by atoms with Crippen LogP contribution in [0.1, 0.15) is 0 Å². The van der Waals surface area contributed by atoms with E-state index in [-0.39, 0.29) is 0 Å². The van der Waals surface area contributed by atoms with Crippen molar-refractivity contribution in [3.8, 4) is 22.9 Å². The summed E-state index contributed by atoms with van der Waals surface area (Å²) in [4.78, 5) is 10.5. The molecule has 4 heterocycles. The van der Waals surface area contributed by atoms with E-state index in [0.717, 1.165) is 44.4 Å². The van der Waals surface area contributed by atoms with Gasteiger partial charge in [-0.1, -0.05) is 91.0 Å². The van der Waals surface area contributed by atoms with Gasteiger partial charge in [-0.25, -0.2) is 9.97 Å². The van der Waals surface area contributed by atoms with Gasteiger partial charge in [0.15, 0.2) is 0 Å². The molecule has 0 aliphatic heterocycles. The first-order chi connectivity index (χ1) is 20.4. The predicted octanol–water partition coefficient (Wildman–Crippen LogP) is 9.55. The summed E-state index contributed by atoms with van der Waals surface area (Å²) in [6, 6.07) is 42.9. The lowest BCUT2D eigenvalue weighted by atomic mass is 10.0. The molecule has 0 amide bonds. The van der Waals surface area contributed by atoms with Crippen molar-refractivity contribution in [2.75, 3.05) is 0 Å². The van der Waals surface area contributed by atoms with Gasteiger partial charge >= 0.3 is 0 Å². The molecule has 5 aromatic carbocycles. The van der Waals surface area contributed by atoms with Crippen molar-refractivity contribution in [1.29, 1.82) is 0 Å². The zero-order valence-corrected chi connectivity index (χ0v) is 22.7. The van der Waals surface area contributed by atoms with Crippen LogP contribution < -0.4 is 0 Å². The molecule has 4 aromatic heterocycles. The maximum absolute atomic E-state index is 5.39. The third-order valence-electron chi connectivity index (χ3n) is 8.07. The van der Waals surface area contributed by atoms with E-state index >= 15 is 0 Å². The van der Waals surface area contributed by atoms with Gasteiger partial charge in [-0.05, 0) is 30.3 Å². The summed E-state index contributed by atoms with van der Waals surface area (Å²) in [5, 5.41) is 10.2. The van der Waals surface area contributed by atoms with Crippen LogP contribution in [-0.4, -0.2) is 19.1 Å². The van der Waals surface area contributed by atoms with Crippen molar-refractivity contribution in [2.45, 2.75) is 0 Å². The summed E-state index contributed by atoms with van der Waals surface area (Å²) in [6.45, 7) is 0. The normalized spacial score (nSPS) is 11.9. The van der Waals surface area contributed by atoms with Gasteiger partial charge < -0.3 is 4.57 Å². The molecule has 0 unspecified atom stereocenters. The summed E-state index contributed by atoms with van der Waals surface area (Å²) >= 11 is 1.67. The predicted molar refractivity (Wildman–Crippen MR) is 172 cm³/mol. The Kier molecular flexibility index (Phi) is 4.74. The molecule has 9 aromatic rings. The van der Waals surface area contributed by atoms with Crippen LogP contribution in [0.15, 0.2) is 132 Å². The molecular formula is C36H22N4S. The SMILES string of the molecule is c1ccc(-n2c3ccccc3c3cccc(-c4nc(-n5c6ccccc6c6ccccc65)nc5cscc45)c32)cc1. The molecule has 4 nitrogen and oxygen atoms in total. The topological polar surface area (TPSA) is 35.6 Å². The highest BCUT2D eigenvalue weighted by Gasteiger charge is 2.21. The summed E-state index contributed by atoms with van der Waals surface area (Å²) < 4.78 is 4.58. The van der Waals surface area contributed by atoms with Gasteiger partial charge in [-0.3, -0.25) is 4.57 Å². The minimum atomic E-state index is 0.683. The van der Waals surface area contributed by atoms with Crippen LogP contribution in [0.25, 0.3) is 77.4 Å². The van der Waals surface area contributed by atoms with E-state index in [1.165, 1.54) is 27.1 Å². The average Bonchev–Trinajstić information content (AvgIpc) is 3.73. The highest BCUT2D eigenvalue weighted by Crippen LogP contribution is 2.40. The molecule has 0 atom stereocenters. The first-order valence-corrected chi connectivity index (χ1v) is 14.6. The zero-order valence-electron chi connectivity index (χ0n) is 21.9. The van der Waals surface area contributed by atoms with Crippen LogP contribution in [0.3, 0.4) is 0 Å². The van der Waals surface area contributed by atoms with Crippen LogP contribution in [-0.2, 0) is 0 Å². The van der Waals surface area contributed by atoms with Crippen LogP contribution in [0.5, 0.6) is 0 Å². The van der Waals surface area contributed by atoms with E-state index in [2.05, 4.69) is 141 Å². The molecule has 0 aliphatic rings. The van der Waals surface area contributed by atoms with Gasteiger partial charge in [0, 0.05) is 48.9 Å². The zero-order chi connectivity index (χ0) is 26.9. The highest BCUT2D eigenvalue weighted by molar-refractivity contribution is 7.09. The van der Waals surface area contributed by atoms with Crippen molar-refractivity contribution in [3.05, 3.63) is 132 Å². The van der Waals surface area contributed by atoms with Crippen LogP contribution in [0, 0.1) is 0 Å². The molecule has 0 saturated heterocycles. The standard InChI is InChI=1S/C36H22N4S/c1-2-11-23(12-3-1)39-31-18-7-6-15-26(31)27-16-10-17-28(35(27)39)34-29-21-41-22-30(29)37-36(38-34)40-32-19-8-4-13-24(32)25-14-5-9-20-33(25)40/h1-22H. The quantitative estimate of drug-likeness (QED) is 0.223. The van der Waals surface area contributed by atoms with E-state index < -0.39 is 0 Å². The summed E-state index contributed by atoms with van der Waals surface area (Å²) in [5.74, 6) is 0.683. The molecule has 0 N–H and O–H groups in total. The van der Waals surface area contributed by atoms with Crippen molar-refractivity contribution >= 4 is 65.9 Å². The van der Waals surface area contributed by atoms with Crippen molar-refractivity contribution in [2.24, 2.45) is 0 Å². The number of para-hydroxylation sites is 5. The minimum Gasteiger partial charge on any atom is -0.309 e. The maximum Gasteiger partial charge on any atom is 0.235 e. The Morgan fingerprint density at radius 2 is 1.05 bits per heavy atom. The van der Waals surface area contributed by atoms with Gasteiger partial charge in [0.1, 0.15) is 0 Å². The van der Waals surface area contributed by atoms with E-state index in [1.807, 2.05) is 0 Å². The lowest BCUT2D eigenvalue weighted by molar-refractivity contribution is 1.01. The van der Waals surface area contributed by atoms with Gasteiger partial charge in [-0.15, -0.1) is 11.3 Å². The molecule has 192 valence electrons. The molecule has 0 fully saturated rings. The molecule has 0 bridgehead atoms. The Balaban J connectivity index is 1.42. The van der Waals surface area contributed by atoms with E-state index in [1.54, 1.807) is 11.3 Å². The fourth-order valence-electron chi connectivity index (χ4n) is 6.35. The lowest BCUT2D eigenvalue weighted by Gasteiger charge is -2.13. The molecule has 0 saturated carbocycles. The van der Waals surface area contributed by atoms with Crippen LogP contribution in [0.2, 0.25) is 0 Å². The average molecular weight is 543 g/mol. The molecule has 41 heavy (non-hydrogen) atoms. The Hall–Kier alpha value is -5.26. The number of hydrogen-bond acceptors (Lipinski definition) is 3. The highest BCUT2D eigenvalue weighted by atomic mass is 32.1. The van der Waals surface area contributed by atoms with Gasteiger partial charge in [0.05, 0.1) is 33.3 Å². The molecule has 0 aliphatic carbocycles. The minimum absolute atomic E-state index is 0.683. The Morgan fingerprint density at radius 1 is 0.463 bits per heavy atom. The van der Waals surface area contributed by atoms with E-state index in [0.29, 0.717) is 5.95 Å². The molecule has 5 heteroatoms. The second-order valence-corrected chi connectivity index (χ2v) is 11.0. The number of thiophene rings is 1. The first kappa shape index (κ1) is 22.5. The molecule has 0 spiro atoms. The Bertz CT molecular complexity index is 2370. The number of nitrogens with zero attached hydrogens (tertiary/aromatic N) is 4. The van der Waals surface area contributed by atoms with Crippen LogP contribution in [0.4, 0.5) is 0 Å². The van der Waals surface area contributed by atoms with E-state index in [9.17, 15) is 0 Å². The summed E-state index contributed by atoms with van der Waals surface area (Å²) in [6.07, 6.45) is 0. The number of fused-ring (bicyclic) bond motifs is 7. The number of rotatable bonds is 3. The van der Waals surface area contributed by atoms with Gasteiger partial charge in [0.25, 0.3) is 0 Å². The number of benzene rings is 5. The number of hydrogen-bond donors (Lipinski definition) is 0. The smallest absolute Gasteiger partial charge is 0.235 e. The van der Waals surface area contributed by atoms with Crippen LogP contribution >= 0.6 is 11.3 Å². The number of aromatic nitrogens is 4. The Morgan fingerprint density at radius 3 is 1.76 bits per heavy atom. The maximum atomic E-state index is 5.39. The fourth-order valence-corrected chi connectivity index (χ4v) is 7.09. The lowest BCUT2D eigenvalue weighted by Crippen LogP contribution is -2.03.